The highest BCUT2D eigenvalue weighted by Crippen LogP contribution is 2.28. The van der Waals surface area contributed by atoms with Crippen LogP contribution in [0.5, 0.6) is 5.75 Å². The zero-order valence-corrected chi connectivity index (χ0v) is 18.9. The molecule has 0 aliphatic heterocycles. The van der Waals surface area contributed by atoms with Crippen molar-refractivity contribution < 1.29 is 14.3 Å². The van der Waals surface area contributed by atoms with E-state index in [1.807, 2.05) is 39.0 Å². The van der Waals surface area contributed by atoms with Crippen LogP contribution in [0.15, 0.2) is 42.5 Å². The summed E-state index contributed by atoms with van der Waals surface area (Å²) in [5, 5.41) is 2.72. The molecular formula is C25H34N2O3. The molecule has 0 bridgehead atoms. The molecule has 0 radical (unpaired) electrons. The van der Waals surface area contributed by atoms with E-state index < -0.39 is 11.9 Å². The Morgan fingerprint density at radius 2 is 1.70 bits per heavy atom. The zero-order chi connectivity index (χ0) is 22.5. The average molecular weight is 411 g/mol. The normalized spacial score (nSPS) is 12.5. The molecule has 2 aromatic carbocycles. The number of carbonyl (C=O) groups excluding carboxylic acids is 2. The third-order valence-electron chi connectivity index (χ3n) is 5.01. The lowest BCUT2D eigenvalue weighted by Crippen LogP contribution is -2.45. The number of hydrogen-bond acceptors (Lipinski definition) is 3. The second-order valence-electron chi connectivity index (χ2n) is 9.27. The molecule has 0 aromatic heterocycles. The van der Waals surface area contributed by atoms with E-state index >= 15 is 0 Å². The molecule has 5 heteroatoms. The monoisotopic (exact) mass is 410 g/mol. The van der Waals surface area contributed by atoms with Gasteiger partial charge in [0, 0.05) is 5.56 Å². The number of primary amides is 1. The van der Waals surface area contributed by atoms with Gasteiger partial charge in [-0.25, -0.2) is 0 Å². The van der Waals surface area contributed by atoms with Crippen LogP contribution in [0.2, 0.25) is 0 Å². The van der Waals surface area contributed by atoms with E-state index in [1.54, 1.807) is 12.1 Å². The summed E-state index contributed by atoms with van der Waals surface area (Å²) in [4.78, 5) is 24.0. The quantitative estimate of drug-likeness (QED) is 0.672. The first-order valence-corrected chi connectivity index (χ1v) is 10.4. The van der Waals surface area contributed by atoms with Crippen LogP contribution in [0.3, 0.4) is 0 Å². The van der Waals surface area contributed by atoms with Gasteiger partial charge in [-0.15, -0.1) is 0 Å². The minimum atomic E-state index is -0.667. The van der Waals surface area contributed by atoms with Crippen LogP contribution >= 0.6 is 0 Å². The van der Waals surface area contributed by atoms with Crippen LogP contribution in [0.1, 0.15) is 68.1 Å². The summed E-state index contributed by atoms with van der Waals surface area (Å²) in [5.74, 6) is 0.279. The van der Waals surface area contributed by atoms with Gasteiger partial charge in [0.2, 0.25) is 5.91 Å². The largest absolute Gasteiger partial charge is 0.489 e. The maximum absolute atomic E-state index is 12.4. The van der Waals surface area contributed by atoms with Crippen molar-refractivity contribution in [3.63, 3.8) is 0 Å². The highest BCUT2D eigenvalue weighted by atomic mass is 16.5. The second-order valence-corrected chi connectivity index (χ2v) is 9.27. The molecule has 5 nitrogen and oxygen atoms in total. The minimum absolute atomic E-state index is 0.0996. The molecule has 2 aromatic rings. The predicted octanol–water partition coefficient (Wildman–Crippen LogP) is 4.50. The first-order valence-electron chi connectivity index (χ1n) is 10.4. The standard InChI is InChI=1S/C25H34N2O3/c1-16(2)13-21(23(26)28)27-24(29)19-9-7-18(8-10-19)15-30-22-12-11-20(14-17(22)3)25(4,5)6/h7-12,14,16,21H,13,15H2,1-6H3,(H2,26,28)(H,27,29). The summed E-state index contributed by atoms with van der Waals surface area (Å²) in [6.45, 7) is 13.0. The number of amides is 2. The molecular weight excluding hydrogens is 376 g/mol. The number of hydrogen-bond donors (Lipinski definition) is 2. The van der Waals surface area contributed by atoms with Gasteiger partial charge in [0.25, 0.3) is 5.91 Å². The van der Waals surface area contributed by atoms with Crippen LogP contribution in [-0.4, -0.2) is 17.9 Å². The number of nitrogens with one attached hydrogen (secondary N) is 1. The van der Waals surface area contributed by atoms with Gasteiger partial charge in [0.1, 0.15) is 18.4 Å². The molecule has 162 valence electrons. The van der Waals surface area contributed by atoms with Crippen LogP contribution in [-0.2, 0) is 16.8 Å². The lowest BCUT2D eigenvalue weighted by Gasteiger charge is -2.20. The first-order chi connectivity index (χ1) is 14.0. The highest BCUT2D eigenvalue weighted by Gasteiger charge is 2.20. The fraction of sp³-hybridized carbons (Fsp3) is 0.440. The van der Waals surface area contributed by atoms with Gasteiger partial charge in [-0.2, -0.15) is 0 Å². The zero-order valence-electron chi connectivity index (χ0n) is 18.9. The van der Waals surface area contributed by atoms with Crippen LogP contribution in [0, 0.1) is 12.8 Å². The Balaban J connectivity index is 1.99. The van der Waals surface area contributed by atoms with Crippen molar-refractivity contribution in [3.05, 3.63) is 64.7 Å². The van der Waals surface area contributed by atoms with Crippen molar-refractivity contribution >= 4 is 11.8 Å². The Morgan fingerprint density at radius 3 is 2.20 bits per heavy atom. The number of ether oxygens (including phenoxy) is 1. The summed E-state index contributed by atoms with van der Waals surface area (Å²) >= 11 is 0. The average Bonchev–Trinajstić information content (AvgIpc) is 2.65. The number of aryl methyl sites for hydroxylation is 1. The van der Waals surface area contributed by atoms with E-state index in [0.717, 1.165) is 16.9 Å². The number of benzene rings is 2. The number of nitrogens with two attached hydrogens (primary N) is 1. The molecule has 0 spiro atoms. The summed E-state index contributed by atoms with van der Waals surface area (Å²) in [5.41, 5.74) is 9.32. The Morgan fingerprint density at radius 1 is 1.07 bits per heavy atom. The molecule has 0 heterocycles. The van der Waals surface area contributed by atoms with E-state index in [1.165, 1.54) is 5.56 Å². The molecule has 2 amide bonds. The Labute approximate surface area is 180 Å². The summed E-state index contributed by atoms with van der Waals surface area (Å²) in [7, 11) is 0. The van der Waals surface area contributed by atoms with Gasteiger partial charge in [0.05, 0.1) is 0 Å². The molecule has 0 saturated heterocycles. The van der Waals surface area contributed by atoms with Crippen LogP contribution < -0.4 is 15.8 Å². The fourth-order valence-corrected chi connectivity index (χ4v) is 3.15. The van der Waals surface area contributed by atoms with Gasteiger partial charge >= 0.3 is 0 Å². The maximum Gasteiger partial charge on any atom is 0.251 e. The van der Waals surface area contributed by atoms with Gasteiger partial charge in [-0.05, 0) is 59.6 Å². The first kappa shape index (κ1) is 23.5. The molecule has 0 aliphatic rings. The third-order valence-corrected chi connectivity index (χ3v) is 5.01. The van der Waals surface area contributed by atoms with Crippen LogP contribution in [0.25, 0.3) is 0 Å². The predicted molar refractivity (Wildman–Crippen MR) is 121 cm³/mol. The Hall–Kier alpha value is -2.82. The molecule has 30 heavy (non-hydrogen) atoms. The molecule has 0 saturated carbocycles. The van der Waals surface area contributed by atoms with Gasteiger partial charge < -0.3 is 15.8 Å². The van der Waals surface area contributed by atoms with Gasteiger partial charge in [-0.3, -0.25) is 9.59 Å². The maximum atomic E-state index is 12.4. The highest BCUT2D eigenvalue weighted by molar-refractivity contribution is 5.97. The molecule has 1 atom stereocenters. The van der Waals surface area contributed by atoms with Gasteiger partial charge in [-0.1, -0.05) is 58.9 Å². The lowest BCUT2D eigenvalue weighted by molar-refractivity contribution is -0.120. The molecule has 1 unspecified atom stereocenters. The van der Waals surface area contributed by atoms with E-state index in [4.69, 9.17) is 10.5 Å². The number of carbonyl (C=O) groups is 2. The molecule has 0 fully saturated rings. The molecule has 0 aliphatic carbocycles. The SMILES string of the molecule is Cc1cc(C(C)(C)C)ccc1OCc1ccc(C(=O)NC(CC(C)C)C(N)=O)cc1. The Bertz CT molecular complexity index is 880. The topological polar surface area (TPSA) is 81.4 Å². The third kappa shape index (κ3) is 6.61. The summed E-state index contributed by atoms with van der Waals surface area (Å²) < 4.78 is 5.97. The summed E-state index contributed by atoms with van der Waals surface area (Å²) in [6.07, 6.45) is 0.514. The fourth-order valence-electron chi connectivity index (χ4n) is 3.15. The minimum Gasteiger partial charge on any atom is -0.489 e. The van der Waals surface area contributed by atoms with E-state index in [-0.39, 0.29) is 17.2 Å². The van der Waals surface area contributed by atoms with E-state index in [9.17, 15) is 9.59 Å². The molecule has 3 N–H and O–H groups in total. The summed E-state index contributed by atoms with van der Waals surface area (Å²) in [6, 6.07) is 12.8. The van der Waals surface area contributed by atoms with Crippen molar-refractivity contribution in [2.45, 2.75) is 66.0 Å². The smallest absolute Gasteiger partial charge is 0.251 e. The molecule has 2 rings (SSSR count). The van der Waals surface area contributed by atoms with Gasteiger partial charge in [0.15, 0.2) is 0 Å². The van der Waals surface area contributed by atoms with Crippen molar-refractivity contribution in [1.29, 1.82) is 0 Å². The van der Waals surface area contributed by atoms with Crippen molar-refractivity contribution in [2.24, 2.45) is 11.7 Å². The number of rotatable bonds is 8. The lowest BCUT2D eigenvalue weighted by atomic mass is 9.86. The van der Waals surface area contributed by atoms with Crippen molar-refractivity contribution in [3.8, 4) is 5.75 Å². The van der Waals surface area contributed by atoms with Crippen LogP contribution in [0.4, 0.5) is 0 Å². The van der Waals surface area contributed by atoms with E-state index in [0.29, 0.717) is 18.6 Å². The van der Waals surface area contributed by atoms with E-state index in [2.05, 4.69) is 38.2 Å². The second kappa shape index (κ2) is 9.79. The Kier molecular flexibility index (Phi) is 7.65. The van der Waals surface area contributed by atoms with Crippen molar-refractivity contribution in [2.75, 3.05) is 0 Å². The van der Waals surface area contributed by atoms with Crippen molar-refractivity contribution in [1.82, 2.24) is 5.32 Å².